The summed E-state index contributed by atoms with van der Waals surface area (Å²) in [5.41, 5.74) is 1.06. The first kappa shape index (κ1) is 13.8. The molecule has 0 amide bonds. The largest absolute Gasteiger partial charge is 0.495 e. The standard InChI is InChI=1S/C12H16ClNO3/c1-14(8-12(15)16)6-5-9-3-4-11(17-2)10(13)7-9/h3-4,7H,5-6,8H2,1-2H3,(H,15,16). The Morgan fingerprint density at radius 3 is 2.76 bits per heavy atom. The van der Waals surface area contributed by atoms with Crippen LogP contribution in [0.3, 0.4) is 0 Å². The smallest absolute Gasteiger partial charge is 0.317 e. The van der Waals surface area contributed by atoms with Crippen molar-refractivity contribution >= 4 is 17.6 Å². The highest BCUT2D eigenvalue weighted by Crippen LogP contribution is 2.25. The summed E-state index contributed by atoms with van der Waals surface area (Å²) in [6.45, 7) is 0.721. The molecule has 1 rings (SSSR count). The van der Waals surface area contributed by atoms with Crippen LogP contribution in [0.25, 0.3) is 0 Å². The second kappa shape index (κ2) is 6.47. The van der Waals surface area contributed by atoms with Gasteiger partial charge in [0, 0.05) is 6.54 Å². The second-order valence-corrected chi connectivity index (χ2v) is 4.26. The highest BCUT2D eigenvalue weighted by atomic mass is 35.5. The molecule has 17 heavy (non-hydrogen) atoms. The minimum atomic E-state index is -0.819. The number of benzene rings is 1. The van der Waals surface area contributed by atoms with Crippen molar-refractivity contribution in [3.63, 3.8) is 0 Å². The van der Waals surface area contributed by atoms with Gasteiger partial charge < -0.3 is 9.84 Å². The summed E-state index contributed by atoms with van der Waals surface area (Å²) >= 11 is 6.00. The van der Waals surface area contributed by atoms with E-state index in [0.717, 1.165) is 12.0 Å². The minimum absolute atomic E-state index is 0.0455. The number of nitrogens with zero attached hydrogens (tertiary/aromatic N) is 1. The molecule has 0 bridgehead atoms. The minimum Gasteiger partial charge on any atom is -0.495 e. The van der Waals surface area contributed by atoms with E-state index in [9.17, 15) is 4.79 Å². The maximum Gasteiger partial charge on any atom is 0.317 e. The lowest BCUT2D eigenvalue weighted by molar-refractivity contribution is -0.137. The number of aliphatic carboxylic acids is 1. The zero-order valence-corrected chi connectivity index (χ0v) is 10.7. The van der Waals surface area contributed by atoms with Gasteiger partial charge in [0.2, 0.25) is 0 Å². The first-order valence-corrected chi connectivity index (χ1v) is 5.63. The van der Waals surface area contributed by atoms with Crippen molar-refractivity contribution in [2.24, 2.45) is 0 Å². The van der Waals surface area contributed by atoms with Crippen molar-refractivity contribution in [1.29, 1.82) is 0 Å². The molecular weight excluding hydrogens is 242 g/mol. The maximum atomic E-state index is 10.5. The molecule has 4 nitrogen and oxygen atoms in total. The second-order valence-electron chi connectivity index (χ2n) is 3.85. The zero-order chi connectivity index (χ0) is 12.8. The van der Waals surface area contributed by atoms with Gasteiger partial charge in [-0.1, -0.05) is 17.7 Å². The molecule has 0 aromatic heterocycles. The summed E-state index contributed by atoms with van der Waals surface area (Å²) in [7, 11) is 3.35. The van der Waals surface area contributed by atoms with Crippen LogP contribution in [0.5, 0.6) is 5.75 Å². The van der Waals surface area contributed by atoms with Gasteiger partial charge in [-0.15, -0.1) is 0 Å². The number of methoxy groups -OCH3 is 1. The van der Waals surface area contributed by atoms with Crippen molar-refractivity contribution in [3.05, 3.63) is 28.8 Å². The Hall–Kier alpha value is -1.26. The predicted octanol–water partition coefficient (Wildman–Crippen LogP) is 1.91. The molecule has 0 aliphatic heterocycles. The zero-order valence-electron chi connectivity index (χ0n) is 9.94. The fraction of sp³-hybridized carbons (Fsp3) is 0.417. The average molecular weight is 258 g/mol. The van der Waals surface area contributed by atoms with Crippen LogP contribution in [0.2, 0.25) is 5.02 Å². The van der Waals surface area contributed by atoms with Crippen LogP contribution >= 0.6 is 11.6 Å². The molecule has 1 N–H and O–H groups in total. The lowest BCUT2D eigenvalue weighted by Gasteiger charge is -2.14. The van der Waals surface area contributed by atoms with E-state index in [4.69, 9.17) is 21.4 Å². The molecule has 1 aromatic rings. The number of ether oxygens (including phenoxy) is 1. The van der Waals surface area contributed by atoms with E-state index < -0.39 is 5.97 Å². The Labute approximate surface area is 106 Å². The fourth-order valence-corrected chi connectivity index (χ4v) is 1.78. The maximum absolute atomic E-state index is 10.5. The Bertz CT molecular complexity index is 395. The fourth-order valence-electron chi connectivity index (χ4n) is 1.50. The van der Waals surface area contributed by atoms with Crippen LogP contribution in [0, 0.1) is 0 Å². The first-order chi connectivity index (χ1) is 8.02. The van der Waals surface area contributed by atoms with Crippen molar-refractivity contribution in [2.45, 2.75) is 6.42 Å². The van der Waals surface area contributed by atoms with E-state index in [0.29, 0.717) is 17.3 Å². The molecule has 5 heteroatoms. The predicted molar refractivity (Wildman–Crippen MR) is 66.8 cm³/mol. The molecule has 1 aromatic carbocycles. The van der Waals surface area contributed by atoms with Gasteiger partial charge in [-0.05, 0) is 31.2 Å². The van der Waals surface area contributed by atoms with Gasteiger partial charge in [-0.25, -0.2) is 0 Å². The molecule has 0 atom stereocenters. The number of hydrogen-bond acceptors (Lipinski definition) is 3. The molecule has 0 spiro atoms. The third-order valence-corrected chi connectivity index (χ3v) is 2.70. The number of likely N-dealkylation sites (N-methyl/N-ethyl adjacent to an activating group) is 1. The summed E-state index contributed by atoms with van der Waals surface area (Å²) in [6, 6.07) is 5.59. The van der Waals surface area contributed by atoms with Gasteiger partial charge in [0.25, 0.3) is 0 Å². The van der Waals surface area contributed by atoms with Crippen molar-refractivity contribution in [1.82, 2.24) is 4.90 Å². The van der Waals surface area contributed by atoms with E-state index in [1.807, 2.05) is 18.2 Å². The van der Waals surface area contributed by atoms with Crippen LogP contribution < -0.4 is 4.74 Å². The summed E-state index contributed by atoms with van der Waals surface area (Å²) in [4.78, 5) is 12.2. The van der Waals surface area contributed by atoms with Gasteiger partial charge in [0.1, 0.15) is 5.75 Å². The van der Waals surface area contributed by atoms with E-state index in [-0.39, 0.29) is 6.54 Å². The third-order valence-electron chi connectivity index (χ3n) is 2.40. The molecule has 0 aliphatic carbocycles. The molecule has 0 saturated heterocycles. The van der Waals surface area contributed by atoms with E-state index >= 15 is 0 Å². The number of hydrogen-bond donors (Lipinski definition) is 1. The topological polar surface area (TPSA) is 49.8 Å². The Balaban J connectivity index is 2.52. The molecule has 0 aliphatic rings. The summed E-state index contributed by atoms with van der Waals surface area (Å²) in [5.74, 6) is -0.172. The first-order valence-electron chi connectivity index (χ1n) is 5.25. The van der Waals surface area contributed by atoms with Crippen LogP contribution in [-0.2, 0) is 11.2 Å². The monoisotopic (exact) mass is 257 g/mol. The van der Waals surface area contributed by atoms with Crippen molar-refractivity contribution in [3.8, 4) is 5.75 Å². The lowest BCUT2D eigenvalue weighted by atomic mass is 10.1. The molecule has 0 fully saturated rings. The van der Waals surface area contributed by atoms with E-state index in [1.54, 1.807) is 19.1 Å². The van der Waals surface area contributed by atoms with Crippen molar-refractivity contribution in [2.75, 3.05) is 27.2 Å². The highest BCUT2D eigenvalue weighted by molar-refractivity contribution is 6.32. The normalized spacial score (nSPS) is 10.6. The van der Waals surface area contributed by atoms with Gasteiger partial charge in [0.15, 0.2) is 0 Å². The lowest BCUT2D eigenvalue weighted by Crippen LogP contribution is -2.27. The van der Waals surface area contributed by atoms with Crippen LogP contribution in [0.4, 0.5) is 0 Å². The summed E-state index contributed by atoms with van der Waals surface area (Å²) in [6.07, 6.45) is 0.757. The Kier molecular flexibility index (Phi) is 5.25. The highest BCUT2D eigenvalue weighted by Gasteiger charge is 2.06. The molecule has 94 valence electrons. The third kappa shape index (κ3) is 4.63. The molecule has 0 saturated carbocycles. The van der Waals surface area contributed by atoms with Gasteiger partial charge in [0.05, 0.1) is 18.7 Å². The average Bonchev–Trinajstić information content (AvgIpc) is 2.25. The van der Waals surface area contributed by atoms with Crippen molar-refractivity contribution < 1.29 is 14.6 Å². The number of carboxylic acids is 1. The number of rotatable bonds is 6. The molecule has 0 heterocycles. The van der Waals surface area contributed by atoms with Crippen LogP contribution in [-0.4, -0.2) is 43.2 Å². The summed E-state index contributed by atoms with van der Waals surface area (Å²) in [5, 5.41) is 9.19. The number of carboxylic acid groups (broad SMARTS) is 1. The van der Waals surface area contributed by atoms with Gasteiger partial charge in [-0.3, -0.25) is 9.69 Å². The van der Waals surface area contributed by atoms with Crippen LogP contribution in [0.15, 0.2) is 18.2 Å². The number of carbonyl (C=O) groups is 1. The van der Waals surface area contributed by atoms with E-state index in [1.165, 1.54) is 0 Å². The van der Waals surface area contributed by atoms with E-state index in [2.05, 4.69) is 0 Å². The summed E-state index contributed by atoms with van der Waals surface area (Å²) < 4.78 is 5.06. The molecule has 0 radical (unpaired) electrons. The quantitative estimate of drug-likeness (QED) is 0.846. The Morgan fingerprint density at radius 1 is 1.53 bits per heavy atom. The SMILES string of the molecule is COc1ccc(CCN(C)CC(=O)O)cc1Cl. The van der Waals surface area contributed by atoms with Crippen LogP contribution in [0.1, 0.15) is 5.56 Å². The molecular formula is C12H16ClNO3. The molecule has 0 unspecified atom stereocenters. The Morgan fingerprint density at radius 2 is 2.24 bits per heavy atom. The number of halogens is 1. The van der Waals surface area contributed by atoms with Gasteiger partial charge >= 0.3 is 5.97 Å². The van der Waals surface area contributed by atoms with Gasteiger partial charge in [-0.2, -0.15) is 0 Å².